The van der Waals surface area contributed by atoms with Crippen LogP contribution >= 0.6 is 0 Å². The van der Waals surface area contributed by atoms with Crippen LogP contribution in [-0.4, -0.2) is 109 Å². The highest BCUT2D eigenvalue weighted by molar-refractivity contribution is 7.80. The van der Waals surface area contributed by atoms with Crippen LogP contribution in [0.15, 0.2) is 0 Å². The molecule has 0 saturated carbocycles. The molecule has 0 aromatic carbocycles. The molecule has 0 heterocycles. The Morgan fingerprint density at radius 1 is 0.688 bits per heavy atom. The summed E-state index contributed by atoms with van der Waals surface area (Å²) in [6.45, 7) is -3.72. The summed E-state index contributed by atoms with van der Waals surface area (Å²) in [5, 5.41) is -1.27. The van der Waals surface area contributed by atoms with Gasteiger partial charge < -0.3 is 0 Å². The highest BCUT2D eigenvalue weighted by atomic mass is 13.8. The average molecular weight is 174 g/mol. The zero-order valence-electron chi connectivity index (χ0n) is 9.16. The minimum absolute atomic E-state index is 0.701. The maximum atomic E-state index is 5.66. The fourth-order valence-electron chi connectivity index (χ4n) is 1.96. The fraction of sp³-hybridized carbons (Fsp3) is 1.00. The van der Waals surface area contributed by atoms with Crippen molar-refractivity contribution in [3.63, 3.8) is 0 Å². The molecule has 0 fully saturated rings. The quantitative estimate of drug-likeness (QED) is 0.352. The lowest BCUT2D eigenvalue weighted by atomic mass is 8.60. The molecule has 19 radical (unpaired) electrons. The maximum absolute atomic E-state index is 5.66. The molecule has 0 aliphatic carbocycles. The summed E-state index contributed by atoms with van der Waals surface area (Å²) in [7, 11) is 51.8. The highest BCUT2D eigenvalue weighted by Crippen LogP contribution is 2.32. The first kappa shape index (κ1) is 17.0. The summed E-state index contributed by atoms with van der Waals surface area (Å²) in [5.74, 6) is 0. The van der Waals surface area contributed by atoms with Gasteiger partial charge in [-0.05, 0) is 0 Å². The minimum Gasteiger partial charge on any atom is -0.169 e. The zero-order valence-corrected chi connectivity index (χ0v) is 9.16. The van der Waals surface area contributed by atoms with Crippen molar-refractivity contribution in [2.45, 2.75) is 5.01 Å². The van der Waals surface area contributed by atoms with Crippen molar-refractivity contribution in [3.8, 4) is 0 Å². The second kappa shape index (κ2) is 6.79. The van der Waals surface area contributed by atoms with E-state index in [9.17, 15) is 0 Å². The number of hydrogen-bond acceptors (Lipinski definition) is 0. The zero-order chi connectivity index (χ0) is 13.1. The van der Waals surface area contributed by atoms with Crippen molar-refractivity contribution in [3.05, 3.63) is 0 Å². The van der Waals surface area contributed by atoms with E-state index < -0.39 is 37.4 Å². The van der Waals surface area contributed by atoms with Gasteiger partial charge in [-0.2, -0.15) is 5.01 Å². The molecule has 0 unspecified atom stereocenters. The molecule has 0 aromatic heterocycles. The van der Waals surface area contributed by atoms with Crippen molar-refractivity contribution in [1.29, 1.82) is 0 Å². The second-order valence-corrected chi connectivity index (χ2v) is 3.87. The van der Waals surface area contributed by atoms with Crippen LogP contribution in [0, 0.1) is 0 Å². The molecule has 49 valence electrons. The van der Waals surface area contributed by atoms with Crippen LogP contribution in [0.3, 0.4) is 0 Å². The molecule has 0 spiro atoms. The summed E-state index contributed by atoms with van der Waals surface area (Å²) < 4.78 is 0. The molecule has 0 bridgehead atoms. The molecular weight excluding hydrogens is 174 g/mol. The van der Waals surface area contributed by atoms with Crippen molar-refractivity contribution < 1.29 is 0 Å². The monoisotopic (exact) mass is 177 g/mol. The van der Waals surface area contributed by atoms with Gasteiger partial charge in [0.1, 0.15) is 0 Å². The Balaban J connectivity index is 5.49. The van der Waals surface area contributed by atoms with E-state index in [4.69, 9.17) is 69.6 Å². The van der Waals surface area contributed by atoms with E-state index >= 15 is 0 Å². The van der Waals surface area contributed by atoms with Gasteiger partial charge in [0, 0.05) is 109 Å². The molecule has 0 saturated heterocycles. The third-order valence-electron chi connectivity index (χ3n) is 2.93. The van der Waals surface area contributed by atoms with Crippen LogP contribution < -0.4 is 0 Å². The van der Waals surface area contributed by atoms with Crippen LogP contribution in [0.25, 0.3) is 0 Å². The predicted octanol–water partition coefficient (Wildman–Crippen LogP) is -5.50. The van der Waals surface area contributed by atoms with Gasteiger partial charge in [0.05, 0.1) is 0 Å². The Hall–Kier alpha value is 0.974. The lowest BCUT2D eigenvalue weighted by molar-refractivity contribution is 1.60. The Morgan fingerprint density at radius 2 is 1.00 bits per heavy atom. The molecule has 16 heavy (non-hydrogen) atoms. The SMILES string of the molecule is [B][B]B(B([B])[B])C(B([B])[B])(B([B])[B])B([B])[B]. The normalized spacial score (nSPS) is 10.2. The minimum atomic E-state index is -1.27. The van der Waals surface area contributed by atoms with Gasteiger partial charge in [-0.15, -0.1) is 0 Å². The summed E-state index contributed by atoms with van der Waals surface area (Å²) in [4.78, 5) is 0. The topological polar surface area (TPSA) is 0 Å². The van der Waals surface area contributed by atoms with Crippen LogP contribution in [0.2, 0.25) is 5.01 Å². The van der Waals surface area contributed by atoms with E-state index in [-0.39, 0.29) is 0 Å². The van der Waals surface area contributed by atoms with Crippen molar-refractivity contribution in [2.24, 2.45) is 0 Å². The summed E-state index contributed by atoms with van der Waals surface area (Å²) >= 11 is 0. The summed E-state index contributed by atoms with van der Waals surface area (Å²) in [6, 6.07) is 0. The first-order chi connectivity index (χ1) is 7.22. The van der Waals surface area contributed by atoms with Crippen LogP contribution in [0.4, 0.5) is 0 Å². The smallest absolute Gasteiger partial charge is 0.0243 e. The molecular formula is CB15. The molecule has 15 heteroatoms. The first-order valence-electron chi connectivity index (χ1n) is 4.82. The molecule has 0 aliphatic rings. The van der Waals surface area contributed by atoms with Crippen LogP contribution in [-0.2, 0) is 0 Å². The molecule has 0 aliphatic heterocycles. The fourth-order valence-corrected chi connectivity index (χ4v) is 1.96. The largest absolute Gasteiger partial charge is 0.169 e. The number of hydrogen-bond donors (Lipinski definition) is 0. The van der Waals surface area contributed by atoms with Crippen molar-refractivity contribution >= 4 is 109 Å². The van der Waals surface area contributed by atoms with Gasteiger partial charge in [0.25, 0.3) is 0 Å². The van der Waals surface area contributed by atoms with E-state index in [1.165, 1.54) is 7.06 Å². The van der Waals surface area contributed by atoms with Gasteiger partial charge in [-0.3, -0.25) is 0 Å². The standard InChI is InChI=1S/CB15/c2-11-15(16(9)10)1(12(3)4,13(5)6)14(7)8. The molecule has 0 atom stereocenters. The van der Waals surface area contributed by atoms with Crippen molar-refractivity contribution in [1.82, 2.24) is 0 Å². The van der Waals surface area contributed by atoms with E-state index in [1.807, 2.05) is 0 Å². The Morgan fingerprint density at radius 3 is 1.06 bits per heavy atom. The van der Waals surface area contributed by atoms with Gasteiger partial charge in [0.2, 0.25) is 0 Å². The molecule has 0 nitrogen and oxygen atoms in total. The van der Waals surface area contributed by atoms with Gasteiger partial charge >= 0.3 is 0 Å². The maximum Gasteiger partial charge on any atom is 0.0243 e. The van der Waals surface area contributed by atoms with Crippen molar-refractivity contribution in [2.75, 3.05) is 0 Å². The molecule has 0 rings (SSSR count). The second-order valence-electron chi connectivity index (χ2n) is 3.87. The van der Waals surface area contributed by atoms with E-state index in [1.54, 1.807) is 0 Å². The third-order valence-corrected chi connectivity index (χ3v) is 2.93. The van der Waals surface area contributed by atoms with Crippen LogP contribution in [0.5, 0.6) is 0 Å². The Bertz CT molecular complexity index is 170. The van der Waals surface area contributed by atoms with Gasteiger partial charge in [0.15, 0.2) is 0 Å². The van der Waals surface area contributed by atoms with E-state index in [2.05, 4.69) is 0 Å². The van der Waals surface area contributed by atoms with Crippen LogP contribution in [0.1, 0.15) is 0 Å². The Kier molecular flexibility index (Phi) is 7.20. The first-order valence-corrected chi connectivity index (χ1v) is 4.82. The molecule has 0 amide bonds. The van der Waals surface area contributed by atoms with E-state index in [0.717, 1.165) is 0 Å². The van der Waals surface area contributed by atoms with E-state index in [0.29, 0.717) is 0 Å². The summed E-state index contributed by atoms with van der Waals surface area (Å²) in [6.07, 6.45) is -0.871. The lowest BCUT2D eigenvalue weighted by Gasteiger charge is -2.53. The molecule has 0 N–H and O–H groups in total. The highest BCUT2D eigenvalue weighted by Gasteiger charge is 2.46. The van der Waals surface area contributed by atoms with Gasteiger partial charge in [-0.1, -0.05) is 0 Å². The third kappa shape index (κ3) is 3.05. The summed E-state index contributed by atoms with van der Waals surface area (Å²) in [5.41, 5.74) is 0. The average Bonchev–Trinajstić information content (AvgIpc) is 2.10. The lowest BCUT2D eigenvalue weighted by Crippen LogP contribution is -2.71. The van der Waals surface area contributed by atoms with Gasteiger partial charge in [-0.25, -0.2) is 0 Å². The number of rotatable bonds is 6. The predicted molar refractivity (Wildman–Crippen MR) is 89.0 cm³/mol. The Labute approximate surface area is 114 Å². The molecule has 0 aromatic rings.